The second kappa shape index (κ2) is 6.88. The van der Waals surface area contributed by atoms with E-state index in [0.29, 0.717) is 37.7 Å². The number of carbonyl (C=O) groups is 1. The highest BCUT2D eigenvalue weighted by atomic mass is 79.9. The van der Waals surface area contributed by atoms with Crippen LogP contribution >= 0.6 is 15.9 Å². The molecular formula is C13H16BrNO4. The van der Waals surface area contributed by atoms with Gasteiger partial charge in [-0.15, -0.1) is 0 Å². The largest absolute Gasteiger partial charge is 0.496 e. The van der Waals surface area contributed by atoms with Crippen molar-refractivity contribution in [1.29, 1.82) is 0 Å². The zero-order chi connectivity index (χ0) is 13.7. The van der Waals surface area contributed by atoms with E-state index in [-0.39, 0.29) is 12.0 Å². The molecule has 2 rings (SSSR count). The number of methoxy groups -OCH3 is 1. The van der Waals surface area contributed by atoms with Gasteiger partial charge in [-0.2, -0.15) is 0 Å². The van der Waals surface area contributed by atoms with Crippen LogP contribution in [-0.4, -0.2) is 45.5 Å². The predicted molar refractivity (Wildman–Crippen MR) is 73.6 cm³/mol. The van der Waals surface area contributed by atoms with E-state index in [4.69, 9.17) is 14.2 Å². The van der Waals surface area contributed by atoms with Gasteiger partial charge in [0.2, 0.25) is 0 Å². The van der Waals surface area contributed by atoms with Crippen LogP contribution in [-0.2, 0) is 9.47 Å². The fourth-order valence-electron chi connectivity index (χ4n) is 1.81. The smallest absolute Gasteiger partial charge is 0.255 e. The van der Waals surface area contributed by atoms with Crippen molar-refractivity contribution in [3.05, 3.63) is 28.2 Å². The number of halogens is 1. The number of rotatable bonds is 4. The monoisotopic (exact) mass is 329 g/mol. The van der Waals surface area contributed by atoms with Gasteiger partial charge in [-0.05, 0) is 18.2 Å². The Morgan fingerprint density at radius 2 is 2.37 bits per heavy atom. The molecule has 1 saturated heterocycles. The van der Waals surface area contributed by atoms with Crippen molar-refractivity contribution >= 4 is 21.8 Å². The second-order valence-corrected chi connectivity index (χ2v) is 5.04. The van der Waals surface area contributed by atoms with Gasteiger partial charge in [-0.1, -0.05) is 15.9 Å². The number of hydrogen-bond acceptors (Lipinski definition) is 4. The Morgan fingerprint density at radius 1 is 1.53 bits per heavy atom. The lowest BCUT2D eigenvalue weighted by Gasteiger charge is -2.23. The summed E-state index contributed by atoms with van der Waals surface area (Å²) in [5.74, 6) is 0.353. The molecule has 0 radical (unpaired) electrons. The van der Waals surface area contributed by atoms with Crippen molar-refractivity contribution in [2.45, 2.75) is 6.10 Å². The SMILES string of the molecule is COc1cc(Br)ccc1C(=O)NCC1COCCO1. The molecule has 0 aromatic heterocycles. The molecule has 1 amide bonds. The van der Waals surface area contributed by atoms with Crippen molar-refractivity contribution in [2.24, 2.45) is 0 Å². The summed E-state index contributed by atoms with van der Waals surface area (Å²) in [4.78, 5) is 12.1. The first kappa shape index (κ1) is 14.3. The van der Waals surface area contributed by atoms with E-state index in [1.54, 1.807) is 18.2 Å². The van der Waals surface area contributed by atoms with E-state index in [1.807, 2.05) is 0 Å². The highest BCUT2D eigenvalue weighted by Gasteiger charge is 2.17. The van der Waals surface area contributed by atoms with E-state index in [9.17, 15) is 4.79 Å². The van der Waals surface area contributed by atoms with E-state index in [1.165, 1.54) is 7.11 Å². The minimum absolute atomic E-state index is 0.0841. The Balaban J connectivity index is 1.95. The van der Waals surface area contributed by atoms with Crippen molar-refractivity contribution in [3.8, 4) is 5.75 Å². The first-order valence-electron chi connectivity index (χ1n) is 6.02. The van der Waals surface area contributed by atoms with Crippen LogP contribution in [0.1, 0.15) is 10.4 Å². The maximum atomic E-state index is 12.1. The minimum atomic E-state index is -0.182. The average Bonchev–Trinajstić information content (AvgIpc) is 2.45. The molecule has 1 aromatic rings. The molecule has 1 heterocycles. The summed E-state index contributed by atoms with van der Waals surface area (Å²) < 4.78 is 16.8. The number of nitrogens with one attached hydrogen (secondary N) is 1. The first-order valence-corrected chi connectivity index (χ1v) is 6.81. The summed E-state index contributed by atoms with van der Waals surface area (Å²) in [5, 5.41) is 2.82. The van der Waals surface area contributed by atoms with Crippen LogP contribution < -0.4 is 10.1 Å². The molecule has 19 heavy (non-hydrogen) atoms. The molecule has 0 aliphatic carbocycles. The van der Waals surface area contributed by atoms with Crippen LogP contribution in [0.4, 0.5) is 0 Å². The van der Waals surface area contributed by atoms with Gasteiger partial charge in [0.05, 0.1) is 38.6 Å². The Kier molecular flexibility index (Phi) is 5.18. The lowest BCUT2D eigenvalue weighted by Crippen LogP contribution is -2.39. The number of hydrogen-bond donors (Lipinski definition) is 1. The van der Waals surface area contributed by atoms with E-state index in [2.05, 4.69) is 21.2 Å². The molecule has 5 nitrogen and oxygen atoms in total. The molecule has 1 fully saturated rings. The number of benzene rings is 1. The molecule has 1 N–H and O–H groups in total. The average molecular weight is 330 g/mol. The van der Waals surface area contributed by atoms with Gasteiger partial charge in [0.25, 0.3) is 5.91 Å². The molecule has 1 unspecified atom stereocenters. The maximum absolute atomic E-state index is 12.1. The van der Waals surface area contributed by atoms with Crippen LogP contribution in [0.3, 0.4) is 0 Å². The summed E-state index contributed by atoms with van der Waals surface area (Å²) in [6.07, 6.45) is -0.0841. The van der Waals surface area contributed by atoms with Gasteiger partial charge in [0, 0.05) is 11.0 Å². The lowest BCUT2D eigenvalue weighted by atomic mass is 10.2. The highest BCUT2D eigenvalue weighted by molar-refractivity contribution is 9.10. The normalized spacial score (nSPS) is 18.9. The van der Waals surface area contributed by atoms with Crippen LogP contribution in [0.25, 0.3) is 0 Å². The van der Waals surface area contributed by atoms with Crippen LogP contribution in [0, 0.1) is 0 Å². The fraction of sp³-hybridized carbons (Fsp3) is 0.462. The third kappa shape index (κ3) is 3.92. The standard InChI is InChI=1S/C13H16BrNO4/c1-17-12-6-9(14)2-3-11(12)13(16)15-7-10-8-18-4-5-19-10/h2-3,6,10H,4-5,7-8H2,1H3,(H,15,16). The third-order valence-electron chi connectivity index (χ3n) is 2.78. The van der Waals surface area contributed by atoms with Crippen molar-refractivity contribution in [1.82, 2.24) is 5.32 Å². The summed E-state index contributed by atoms with van der Waals surface area (Å²) in [6.45, 7) is 2.13. The van der Waals surface area contributed by atoms with Crippen molar-refractivity contribution < 1.29 is 19.0 Å². The first-order chi connectivity index (χ1) is 9.20. The number of ether oxygens (including phenoxy) is 3. The van der Waals surface area contributed by atoms with Gasteiger partial charge in [-0.25, -0.2) is 0 Å². The van der Waals surface area contributed by atoms with E-state index in [0.717, 1.165) is 4.47 Å². The number of carbonyl (C=O) groups excluding carboxylic acids is 1. The molecule has 104 valence electrons. The van der Waals surface area contributed by atoms with Crippen LogP contribution in [0.5, 0.6) is 5.75 Å². The van der Waals surface area contributed by atoms with E-state index >= 15 is 0 Å². The van der Waals surface area contributed by atoms with Gasteiger partial charge in [-0.3, -0.25) is 4.79 Å². The van der Waals surface area contributed by atoms with Crippen molar-refractivity contribution in [2.75, 3.05) is 33.5 Å². The molecule has 0 saturated carbocycles. The topological polar surface area (TPSA) is 56.8 Å². The van der Waals surface area contributed by atoms with Gasteiger partial charge >= 0.3 is 0 Å². The highest BCUT2D eigenvalue weighted by Crippen LogP contribution is 2.23. The second-order valence-electron chi connectivity index (χ2n) is 4.12. The van der Waals surface area contributed by atoms with Gasteiger partial charge < -0.3 is 19.5 Å². The van der Waals surface area contributed by atoms with Crippen LogP contribution in [0.2, 0.25) is 0 Å². The maximum Gasteiger partial charge on any atom is 0.255 e. The van der Waals surface area contributed by atoms with Gasteiger partial charge in [0.1, 0.15) is 5.75 Å². The Morgan fingerprint density at radius 3 is 3.05 bits per heavy atom. The Labute approximate surface area is 120 Å². The van der Waals surface area contributed by atoms with Gasteiger partial charge in [0.15, 0.2) is 0 Å². The fourth-order valence-corrected chi connectivity index (χ4v) is 2.15. The Bertz CT molecular complexity index is 446. The molecule has 1 aliphatic heterocycles. The lowest BCUT2D eigenvalue weighted by molar-refractivity contribution is -0.0855. The Hall–Kier alpha value is -1.11. The summed E-state index contributed by atoms with van der Waals surface area (Å²) in [6, 6.07) is 5.28. The molecule has 1 aromatic carbocycles. The van der Waals surface area contributed by atoms with Crippen LogP contribution in [0.15, 0.2) is 22.7 Å². The molecule has 0 spiro atoms. The summed E-state index contributed by atoms with van der Waals surface area (Å²) in [7, 11) is 1.54. The molecular weight excluding hydrogens is 314 g/mol. The molecule has 1 atom stereocenters. The molecule has 1 aliphatic rings. The zero-order valence-electron chi connectivity index (χ0n) is 10.6. The quantitative estimate of drug-likeness (QED) is 0.911. The zero-order valence-corrected chi connectivity index (χ0v) is 12.2. The molecule has 0 bridgehead atoms. The van der Waals surface area contributed by atoms with Crippen molar-refractivity contribution in [3.63, 3.8) is 0 Å². The summed E-state index contributed by atoms with van der Waals surface area (Å²) >= 11 is 3.34. The minimum Gasteiger partial charge on any atom is -0.496 e. The number of amides is 1. The predicted octanol–water partition coefficient (Wildman–Crippen LogP) is 1.60. The van der Waals surface area contributed by atoms with E-state index < -0.39 is 0 Å². The third-order valence-corrected chi connectivity index (χ3v) is 3.28. The summed E-state index contributed by atoms with van der Waals surface area (Å²) in [5.41, 5.74) is 0.502. The molecule has 6 heteroatoms.